The Hall–Kier alpha value is -0.132. The maximum absolute atomic E-state index is 7.50. The van der Waals surface area contributed by atoms with E-state index in [0.29, 0.717) is 0 Å². The Morgan fingerprint density at radius 2 is 0.444 bits per heavy atom. The molecule has 0 aliphatic carbocycles. The quantitative estimate of drug-likeness (QED) is 0.411. The van der Waals surface area contributed by atoms with Crippen LogP contribution < -0.4 is 0 Å². The summed E-state index contributed by atoms with van der Waals surface area (Å²) in [7, 11) is 0. The molecule has 0 amide bonds. The van der Waals surface area contributed by atoms with Gasteiger partial charge in [0.1, 0.15) is 0 Å². The molecule has 0 aromatic heterocycles. The van der Waals surface area contributed by atoms with Crippen LogP contribution in [0, 0.1) is 0 Å². The molecule has 0 aromatic rings. The van der Waals surface area contributed by atoms with Gasteiger partial charge >= 0.3 is 0 Å². The predicted molar refractivity (Wildman–Crippen MR) is 60.3 cm³/mol. The van der Waals surface area contributed by atoms with Crippen molar-refractivity contribution in [2.45, 2.75) is 3.25 Å². The molecule has 0 aromatic carbocycles. The topological polar surface area (TPSA) is 102 Å². The number of carbonyl (C=O) groups excluding carboxylic acids is 6. The van der Waals surface area contributed by atoms with Crippen LogP contribution in [-0.2, 0) is 49.8 Å². The van der Waals surface area contributed by atoms with Gasteiger partial charge in [-0.3, -0.25) is 28.8 Å². The normalized spacial score (nSPS) is 4.67. The average molecular weight is 418 g/mol. The zero-order valence-corrected chi connectivity index (χ0v) is 12.9. The van der Waals surface area contributed by atoms with Gasteiger partial charge < -0.3 is 0 Å². The van der Waals surface area contributed by atoms with E-state index in [2.05, 4.69) is 40.7 Å². The monoisotopic (exact) mass is 418 g/mol. The summed E-state index contributed by atoms with van der Waals surface area (Å²) >= 11 is 19.3. The Kier molecular flexibility index (Phi) is 358. The third-order valence-corrected chi connectivity index (χ3v) is 0. The Labute approximate surface area is 140 Å². The van der Waals surface area contributed by atoms with Crippen molar-refractivity contribution < 1.29 is 49.8 Å². The second kappa shape index (κ2) is 123. The first-order chi connectivity index (χ1) is 8.00. The molecule has 18 heavy (non-hydrogen) atoms. The molecule has 0 N–H and O–H groups in total. The molecule has 0 aliphatic rings. The van der Waals surface area contributed by atoms with Crippen LogP contribution in [-0.4, -0.2) is 44.0 Å². The number of hydrogen-bond donors (Lipinski definition) is 0. The molecule has 0 bridgehead atoms. The molecule has 11 heteroatoms. The van der Waals surface area contributed by atoms with Gasteiger partial charge in [0, 0.05) is 21.1 Å². The van der Waals surface area contributed by atoms with Crippen LogP contribution in [0.4, 0.5) is 0 Å². The maximum Gasteiger partial charge on any atom is 0.281 e. The third-order valence-electron chi connectivity index (χ3n) is 0. The number of alkyl halides is 4. The second-order valence-electron chi connectivity index (χ2n) is 0.429. The van der Waals surface area contributed by atoms with Crippen LogP contribution in [0.15, 0.2) is 0 Å². The standard InChI is InChI=1S/CCl4.6CO.Mo/c2-1(3,4)5;6*1-2;. The summed E-state index contributed by atoms with van der Waals surface area (Å²) in [6, 6.07) is 0. The fourth-order valence-electron chi connectivity index (χ4n) is 0. The van der Waals surface area contributed by atoms with Crippen molar-refractivity contribution in [1.29, 1.82) is 0 Å². The SMILES string of the molecule is ClC(Cl)(Cl)Cl.[C]=O.[C]=O.[C]=O.[C]=O.[C]=O.[C]=O.[Mo]. The molecule has 0 spiro atoms. The van der Waals surface area contributed by atoms with Crippen LogP contribution >= 0.6 is 46.4 Å². The second-order valence-corrected chi connectivity index (χ2v) is 3.86. The predicted octanol–water partition coefficient (Wildman–Crippen LogP) is 0.168. The first-order valence-corrected chi connectivity index (χ1v) is 3.49. The van der Waals surface area contributed by atoms with Gasteiger partial charge in [-0.1, -0.05) is 46.4 Å². The first-order valence-electron chi connectivity index (χ1n) is 1.98. The van der Waals surface area contributed by atoms with E-state index in [9.17, 15) is 0 Å². The molecule has 0 fully saturated rings. The van der Waals surface area contributed by atoms with Crippen molar-refractivity contribution in [2.75, 3.05) is 0 Å². The molecular formula is C7Cl4MoO6. The molecule has 0 unspecified atom stereocenters. The molecule has 0 saturated heterocycles. The van der Waals surface area contributed by atoms with Crippen molar-refractivity contribution in [2.24, 2.45) is 0 Å². The van der Waals surface area contributed by atoms with Gasteiger partial charge in [0.25, 0.3) is 44.0 Å². The van der Waals surface area contributed by atoms with Crippen molar-refractivity contribution in [1.82, 2.24) is 0 Å². The van der Waals surface area contributed by atoms with Gasteiger partial charge in [0.05, 0.1) is 0 Å². The van der Waals surface area contributed by atoms with Crippen molar-refractivity contribution >= 4 is 87.1 Å². The van der Waals surface area contributed by atoms with Gasteiger partial charge in [-0.15, -0.1) is 0 Å². The van der Waals surface area contributed by atoms with Crippen LogP contribution in [0.5, 0.6) is 0 Å². The van der Waals surface area contributed by atoms with Crippen LogP contribution in [0.2, 0.25) is 0 Å². The molecule has 98 valence electrons. The summed E-state index contributed by atoms with van der Waals surface area (Å²) in [6.45, 7) is 27.0. The summed E-state index contributed by atoms with van der Waals surface area (Å²) in [4.78, 5) is 45.0. The summed E-state index contributed by atoms with van der Waals surface area (Å²) in [5.41, 5.74) is 0. The summed E-state index contributed by atoms with van der Waals surface area (Å²) in [5, 5.41) is 0. The Morgan fingerprint density at radius 1 is 0.444 bits per heavy atom. The van der Waals surface area contributed by atoms with Crippen molar-refractivity contribution in [3.05, 3.63) is 0 Å². The minimum absolute atomic E-state index is 0. The first kappa shape index (κ1) is 52.2. The van der Waals surface area contributed by atoms with Gasteiger partial charge in [-0.05, 0) is 0 Å². The van der Waals surface area contributed by atoms with Gasteiger partial charge in [0.15, 0.2) is 0 Å². The van der Waals surface area contributed by atoms with E-state index in [1.165, 1.54) is 0 Å². The summed E-state index contributed by atoms with van der Waals surface area (Å²) in [5.74, 6) is 0. The fourth-order valence-corrected chi connectivity index (χ4v) is 0. The van der Waals surface area contributed by atoms with Crippen molar-refractivity contribution in [3.8, 4) is 0 Å². The largest absolute Gasteiger partial charge is 0.281 e. The number of hydrogen-bond acceptors (Lipinski definition) is 6. The molecule has 0 atom stereocenters. The van der Waals surface area contributed by atoms with Gasteiger partial charge in [-0.2, -0.15) is 0 Å². The van der Waals surface area contributed by atoms with E-state index in [0.717, 1.165) is 0 Å². The molecule has 0 heterocycles. The molecule has 0 rings (SSSR count). The summed E-state index contributed by atoms with van der Waals surface area (Å²) < 4.78 is -1.61. The van der Waals surface area contributed by atoms with E-state index >= 15 is 0 Å². The maximum atomic E-state index is 7.50. The van der Waals surface area contributed by atoms with E-state index < -0.39 is 3.25 Å². The third kappa shape index (κ3) is 202000. The van der Waals surface area contributed by atoms with Gasteiger partial charge in [-0.25, -0.2) is 0 Å². The molecule has 6 nitrogen and oxygen atoms in total. The van der Waals surface area contributed by atoms with Crippen molar-refractivity contribution in [3.63, 3.8) is 0 Å². The Bertz CT molecular complexity index is 86.9. The van der Waals surface area contributed by atoms with Crippen LogP contribution in [0.25, 0.3) is 0 Å². The zero-order valence-electron chi connectivity index (χ0n) is 7.87. The molecular weight excluding hydrogens is 418 g/mol. The van der Waals surface area contributed by atoms with E-state index in [1.807, 2.05) is 0 Å². The Morgan fingerprint density at radius 3 is 0.444 bits per heavy atom. The van der Waals surface area contributed by atoms with Gasteiger partial charge in [0.2, 0.25) is 0 Å². The minimum Gasteiger partial charge on any atom is -0.281 e. The molecule has 0 saturated carbocycles. The number of halogens is 4. The number of rotatable bonds is 0. The minimum atomic E-state index is -1.61. The zero-order chi connectivity index (χ0) is 16.5. The van der Waals surface area contributed by atoms with Crippen LogP contribution in [0.1, 0.15) is 0 Å². The van der Waals surface area contributed by atoms with E-state index in [4.69, 9.17) is 75.2 Å². The molecule has 0 aliphatic heterocycles. The molecule has 12 radical (unpaired) electrons. The fraction of sp³-hybridized carbons (Fsp3) is 0.143. The van der Waals surface area contributed by atoms with E-state index in [1.54, 1.807) is 0 Å². The summed E-state index contributed by atoms with van der Waals surface area (Å²) in [6.07, 6.45) is 0. The average Bonchev–Trinajstić information content (AvgIpc) is 2.41. The van der Waals surface area contributed by atoms with E-state index in [-0.39, 0.29) is 21.1 Å². The smallest absolute Gasteiger partial charge is 0.281 e. The Balaban J connectivity index is -0.0000000114. The van der Waals surface area contributed by atoms with Crippen LogP contribution in [0.3, 0.4) is 0 Å².